The Morgan fingerprint density at radius 1 is 1.58 bits per heavy atom. The Morgan fingerprint density at radius 2 is 2.37 bits per heavy atom. The lowest BCUT2D eigenvalue weighted by Crippen LogP contribution is -2.16. The standard InChI is InChI=1S/C13H11N3O2S/c1-16(11-4-2-3-9(5-11)6-14)7-10-8-19-12(15-10)13(17)18/h2-5,8H,7H2,1H3,(H,17,18). The summed E-state index contributed by atoms with van der Waals surface area (Å²) in [7, 11) is 1.87. The molecule has 1 N–H and O–H groups in total. The lowest BCUT2D eigenvalue weighted by Gasteiger charge is -2.18. The van der Waals surface area contributed by atoms with Crippen LogP contribution in [0.2, 0.25) is 0 Å². The molecule has 96 valence electrons. The number of benzene rings is 1. The highest BCUT2D eigenvalue weighted by molar-refractivity contribution is 7.11. The maximum atomic E-state index is 10.8. The summed E-state index contributed by atoms with van der Waals surface area (Å²) in [6.45, 7) is 0.499. The van der Waals surface area contributed by atoms with E-state index in [4.69, 9.17) is 10.4 Å². The fourth-order valence-electron chi connectivity index (χ4n) is 1.62. The molecule has 0 amide bonds. The summed E-state index contributed by atoms with van der Waals surface area (Å²) in [5.41, 5.74) is 2.19. The quantitative estimate of drug-likeness (QED) is 0.925. The molecule has 1 heterocycles. The highest BCUT2D eigenvalue weighted by Crippen LogP contribution is 2.18. The number of carboxylic acids is 1. The molecule has 19 heavy (non-hydrogen) atoms. The SMILES string of the molecule is CN(Cc1csc(C(=O)O)n1)c1cccc(C#N)c1. The van der Waals surface area contributed by atoms with Gasteiger partial charge < -0.3 is 10.0 Å². The zero-order chi connectivity index (χ0) is 13.8. The maximum absolute atomic E-state index is 10.8. The van der Waals surface area contributed by atoms with Gasteiger partial charge in [0.25, 0.3) is 0 Å². The lowest BCUT2D eigenvalue weighted by molar-refractivity contribution is 0.0696. The first kappa shape index (κ1) is 13.1. The second kappa shape index (κ2) is 5.50. The van der Waals surface area contributed by atoms with Gasteiger partial charge in [-0.1, -0.05) is 6.07 Å². The minimum atomic E-state index is -1.01. The maximum Gasteiger partial charge on any atom is 0.365 e. The van der Waals surface area contributed by atoms with Crippen LogP contribution in [0, 0.1) is 11.3 Å². The molecule has 6 heteroatoms. The summed E-state index contributed by atoms with van der Waals surface area (Å²) in [6, 6.07) is 9.32. The molecule has 0 saturated heterocycles. The Bertz CT molecular complexity index is 645. The number of hydrogen-bond donors (Lipinski definition) is 1. The topological polar surface area (TPSA) is 77.2 Å². The number of hydrogen-bond acceptors (Lipinski definition) is 5. The number of thiazole rings is 1. The van der Waals surface area contributed by atoms with Gasteiger partial charge in [0.2, 0.25) is 5.01 Å². The van der Waals surface area contributed by atoms with E-state index in [2.05, 4.69) is 11.1 Å². The average Bonchev–Trinajstić information content (AvgIpc) is 2.87. The summed E-state index contributed by atoms with van der Waals surface area (Å²) < 4.78 is 0. The number of aromatic carboxylic acids is 1. The molecule has 0 aliphatic rings. The minimum Gasteiger partial charge on any atom is -0.476 e. The zero-order valence-electron chi connectivity index (χ0n) is 10.2. The predicted octanol–water partition coefficient (Wildman–Crippen LogP) is 2.35. The van der Waals surface area contributed by atoms with Gasteiger partial charge in [0.15, 0.2) is 0 Å². The number of anilines is 1. The van der Waals surface area contributed by atoms with Gasteiger partial charge in [0.1, 0.15) is 0 Å². The Labute approximate surface area is 114 Å². The van der Waals surface area contributed by atoms with E-state index in [1.807, 2.05) is 24.1 Å². The summed E-state index contributed by atoms with van der Waals surface area (Å²) in [6.07, 6.45) is 0. The van der Waals surface area contributed by atoms with Crippen LogP contribution in [0.3, 0.4) is 0 Å². The summed E-state index contributed by atoms with van der Waals surface area (Å²) in [4.78, 5) is 16.7. The predicted molar refractivity (Wildman–Crippen MR) is 72.3 cm³/mol. The van der Waals surface area contributed by atoms with Crippen molar-refractivity contribution >= 4 is 23.0 Å². The molecule has 0 aliphatic carbocycles. The first-order valence-corrected chi connectivity index (χ1v) is 6.37. The van der Waals surface area contributed by atoms with Crippen LogP contribution in [-0.4, -0.2) is 23.1 Å². The molecule has 0 aliphatic heterocycles. The number of rotatable bonds is 4. The molecule has 5 nitrogen and oxygen atoms in total. The molecular weight excluding hydrogens is 262 g/mol. The van der Waals surface area contributed by atoms with Crippen LogP contribution in [0.15, 0.2) is 29.6 Å². The third-order valence-electron chi connectivity index (χ3n) is 2.55. The van der Waals surface area contributed by atoms with Crippen molar-refractivity contribution in [2.45, 2.75) is 6.54 Å². The fourth-order valence-corrected chi connectivity index (χ4v) is 2.27. The second-order valence-electron chi connectivity index (χ2n) is 3.97. The summed E-state index contributed by atoms with van der Waals surface area (Å²) in [5.74, 6) is -1.01. The van der Waals surface area contributed by atoms with Gasteiger partial charge in [-0.2, -0.15) is 5.26 Å². The van der Waals surface area contributed by atoms with Gasteiger partial charge in [-0.3, -0.25) is 0 Å². The molecule has 0 fully saturated rings. The van der Waals surface area contributed by atoms with Gasteiger partial charge in [0, 0.05) is 18.1 Å². The molecule has 2 rings (SSSR count). The van der Waals surface area contributed by atoms with Gasteiger partial charge in [-0.05, 0) is 18.2 Å². The average molecular weight is 273 g/mol. The molecule has 1 aromatic carbocycles. The van der Waals surface area contributed by atoms with Crippen LogP contribution in [0.25, 0.3) is 0 Å². The zero-order valence-corrected chi connectivity index (χ0v) is 11.0. The van der Waals surface area contributed by atoms with Crippen LogP contribution in [-0.2, 0) is 6.54 Å². The highest BCUT2D eigenvalue weighted by atomic mass is 32.1. The normalized spacial score (nSPS) is 9.89. The Hall–Kier alpha value is -2.39. The summed E-state index contributed by atoms with van der Waals surface area (Å²) in [5, 5.41) is 19.5. The van der Waals surface area contributed by atoms with Crippen molar-refractivity contribution in [2.75, 3.05) is 11.9 Å². The first-order chi connectivity index (χ1) is 9.10. The minimum absolute atomic E-state index is 0.0918. The van der Waals surface area contributed by atoms with Crippen molar-refractivity contribution in [2.24, 2.45) is 0 Å². The van der Waals surface area contributed by atoms with Crippen molar-refractivity contribution in [3.8, 4) is 6.07 Å². The summed E-state index contributed by atoms with van der Waals surface area (Å²) >= 11 is 1.11. The van der Waals surface area contributed by atoms with E-state index in [9.17, 15) is 4.79 Å². The molecule has 0 radical (unpaired) electrons. The van der Waals surface area contributed by atoms with Crippen LogP contribution in [0.4, 0.5) is 5.69 Å². The van der Waals surface area contributed by atoms with Gasteiger partial charge in [0.05, 0.1) is 23.9 Å². The third kappa shape index (κ3) is 3.09. The Morgan fingerprint density at radius 3 is 3.00 bits per heavy atom. The van der Waals surface area contributed by atoms with Crippen molar-refractivity contribution in [3.05, 3.63) is 45.9 Å². The Balaban J connectivity index is 2.13. The Kier molecular flexibility index (Phi) is 3.78. The van der Waals surface area contributed by atoms with Crippen molar-refractivity contribution < 1.29 is 9.90 Å². The third-order valence-corrected chi connectivity index (χ3v) is 3.43. The van der Waals surface area contributed by atoms with Crippen LogP contribution in [0.5, 0.6) is 0 Å². The highest BCUT2D eigenvalue weighted by Gasteiger charge is 2.10. The van der Waals surface area contributed by atoms with Crippen LogP contribution >= 0.6 is 11.3 Å². The van der Waals surface area contributed by atoms with Gasteiger partial charge in [-0.15, -0.1) is 11.3 Å². The van der Waals surface area contributed by atoms with Crippen molar-refractivity contribution in [3.63, 3.8) is 0 Å². The molecule has 0 spiro atoms. The smallest absolute Gasteiger partial charge is 0.365 e. The number of nitriles is 1. The van der Waals surface area contributed by atoms with E-state index in [1.165, 1.54) is 0 Å². The van der Waals surface area contributed by atoms with Gasteiger partial charge >= 0.3 is 5.97 Å². The molecule has 0 unspecified atom stereocenters. The van der Waals surface area contributed by atoms with Crippen molar-refractivity contribution in [1.29, 1.82) is 5.26 Å². The lowest BCUT2D eigenvalue weighted by atomic mass is 10.2. The number of carbonyl (C=O) groups is 1. The van der Waals surface area contributed by atoms with E-state index >= 15 is 0 Å². The van der Waals surface area contributed by atoms with E-state index in [1.54, 1.807) is 17.5 Å². The second-order valence-corrected chi connectivity index (χ2v) is 4.83. The number of nitrogens with zero attached hydrogens (tertiary/aromatic N) is 3. The number of aromatic nitrogens is 1. The first-order valence-electron chi connectivity index (χ1n) is 5.49. The van der Waals surface area contributed by atoms with Crippen molar-refractivity contribution in [1.82, 2.24) is 4.98 Å². The van der Waals surface area contributed by atoms with E-state index < -0.39 is 5.97 Å². The molecule has 2 aromatic rings. The molecule has 1 aromatic heterocycles. The molecular formula is C13H11N3O2S. The van der Waals surface area contributed by atoms with Crippen LogP contribution < -0.4 is 4.90 Å². The molecule has 0 bridgehead atoms. The molecule has 0 atom stereocenters. The van der Waals surface area contributed by atoms with E-state index in [-0.39, 0.29) is 5.01 Å². The van der Waals surface area contributed by atoms with Gasteiger partial charge in [-0.25, -0.2) is 9.78 Å². The fraction of sp³-hybridized carbons (Fsp3) is 0.154. The van der Waals surface area contributed by atoms with E-state index in [0.717, 1.165) is 17.0 Å². The number of carboxylic acid groups (broad SMARTS) is 1. The van der Waals surface area contributed by atoms with Crippen LogP contribution in [0.1, 0.15) is 21.1 Å². The monoisotopic (exact) mass is 273 g/mol. The van der Waals surface area contributed by atoms with E-state index in [0.29, 0.717) is 17.8 Å². The molecule has 0 saturated carbocycles. The largest absolute Gasteiger partial charge is 0.476 e.